The van der Waals surface area contributed by atoms with Crippen LogP contribution in [0.3, 0.4) is 0 Å². The Morgan fingerprint density at radius 3 is 1.88 bits per heavy atom. The van der Waals surface area contributed by atoms with E-state index in [4.69, 9.17) is 24.7 Å². The normalized spacial score (nSPS) is 14.2. The summed E-state index contributed by atoms with van der Waals surface area (Å²) >= 11 is 0. The number of carbonyl (C=O) groups is 6. The topological polar surface area (TPSA) is 225 Å². The third kappa shape index (κ3) is 16.0. The van der Waals surface area contributed by atoms with E-state index in [0.29, 0.717) is 26.4 Å². The summed E-state index contributed by atoms with van der Waals surface area (Å²) in [5.41, 5.74) is 4.97. The lowest BCUT2D eigenvalue weighted by Gasteiger charge is -2.24. The Morgan fingerprint density at radius 1 is 0.857 bits per heavy atom. The van der Waals surface area contributed by atoms with Crippen LogP contribution in [-0.4, -0.2) is 124 Å². The maximum absolute atomic E-state index is 12.7. The van der Waals surface area contributed by atoms with Crippen molar-refractivity contribution < 1.29 is 52.8 Å². The van der Waals surface area contributed by atoms with Crippen LogP contribution in [0.4, 0.5) is 4.79 Å². The molecule has 6 amide bonds. The van der Waals surface area contributed by atoms with Crippen LogP contribution in [0, 0.1) is 5.92 Å². The predicted molar refractivity (Wildman–Crippen MR) is 147 cm³/mol. The molecule has 1 aliphatic rings. The van der Waals surface area contributed by atoms with Crippen LogP contribution in [0.2, 0.25) is 0 Å². The highest BCUT2D eigenvalue weighted by molar-refractivity contribution is 6.12. The number of primary amides is 1. The number of urea groups is 1. The lowest BCUT2D eigenvalue weighted by molar-refractivity contribution is -0.142. The highest BCUT2D eigenvalue weighted by atomic mass is 16.6. The molecule has 0 saturated carbocycles. The van der Waals surface area contributed by atoms with Gasteiger partial charge in [-0.15, -0.1) is 0 Å². The van der Waals surface area contributed by atoms with Crippen LogP contribution in [0.5, 0.6) is 0 Å². The molecule has 0 bridgehead atoms. The third-order valence-corrected chi connectivity index (χ3v) is 5.80. The fraction of sp³-hybridized carbons (Fsp3) is 0.692. The fourth-order valence-corrected chi connectivity index (χ4v) is 3.55. The molecule has 0 aromatic rings. The molecule has 0 aliphatic carbocycles. The maximum atomic E-state index is 12.7. The van der Waals surface area contributed by atoms with Gasteiger partial charge in [-0.1, -0.05) is 13.8 Å². The molecule has 42 heavy (non-hydrogen) atoms. The van der Waals surface area contributed by atoms with Gasteiger partial charge < -0.3 is 45.7 Å². The molecule has 1 rings (SSSR count). The molecular weight excluding hydrogens is 558 g/mol. The molecule has 0 radical (unpaired) electrons. The highest BCUT2D eigenvalue weighted by Crippen LogP contribution is 2.06. The van der Waals surface area contributed by atoms with Gasteiger partial charge in [-0.05, 0) is 18.8 Å². The summed E-state index contributed by atoms with van der Waals surface area (Å²) in [6.45, 7) is 5.98. The summed E-state index contributed by atoms with van der Waals surface area (Å²) < 4.78 is 21.5. The van der Waals surface area contributed by atoms with Crippen molar-refractivity contribution in [3.63, 3.8) is 0 Å². The van der Waals surface area contributed by atoms with E-state index in [1.165, 1.54) is 12.2 Å². The first kappa shape index (κ1) is 36.4. The number of hydrogen-bond donors (Lipinski definition) is 5. The minimum Gasteiger partial charge on any atom is -0.480 e. The second-order valence-corrected chi connectivity index (χ2v) is 9.48. The van der Waals surface area contributed by atoms with E-state index in [2.05, 4.69) is 16.0 Å². The second kappa shape index (κ2) is 21.2. The number of carboxylic acids is 1. The largest absolute Gasteiger partial charge is 0.480 e. The van der Waals surface area contributed by atoms with Crippen molar-refractivity contribution in [1.29, 1.82) is 0 Å². The van der Waals surface area contributed by atoms with Crippen molar-refractivity contribution in [3.8, 4) is 0 Å². The third-order valence-electron chi connectivity index (χ3n) is 5.80. The zero-order chi connectivity index (χ0) is 31.3. The Hall–Kier alpha value is -3.60. The molecule has 16 heteroatoms. The van der Waals surface area contributed by atoms with Crippen molar-refractivity contribution in [2.75, 3.05) is 65.9 Å². The van der Waals surface area contributed by atoms with E-state index >= 15 is 0 Å². The number of imide groups is 1. The first-order valence-corrected chi connectivity index (χ1v) is 13.7. The average Bonchev–Trinajstić information content (AvgIpc) is 3.25. The summed E-state index contributed by atoms with van der Waals surface area (Å²) in [5.74, 6) is -3.26. The summed E-state index contributed by atoms with van der Waals surface area (Å²) in [7, 11) is 0. The summed E-state index contributed by atoms with van der Waals surface area (Å²) in [4.78, 5) is 71.1. The predicted octanol–water partition coefficient (Wildman–Crippen LogP) is -1.47. The number of rotatable bonds is 24. The first-order valence-electron chi connectivity index (χ1n) is 13.7. The molecule has 0 aromatic heterocycles. The number of nitrogens with two attached hydrogens (primary N) is 1. The Kier molecular flexibility index (Phi) is 18.3. The van der Waals surface area contributed by atoms with Crippen molar-refractivity contribution in [2.24, 2.45) is 11.7 Å². The maximum Gasteiger partial charge on any atom is 0.326 e. The Balaban J connectivity index is 2.09. The van der Waals surface area contributed by atoms with Crippen molar-refractivity contribution >= 4 is 35.6 Å². The molecule has 0 unspecified atom stereocenters. The molecule has 0 saturated heterocycles. The van der Waals surface area contributed by atoms with Gasteiger partial charge in [0, 0.05) is 25.1 Å². The Labute approximate surface area is 244 Å². The van der Waals surface area contributed by atoms with E-state index < -0.39 is 35.9 Å². The van der Waals surface area contributed by atoms with E-state index in [1.807, 2.05) is 0 Å². The molecule has 0 spiro atoms. The Morgan fingerprint density at radius 2 is 1.38 bits per heavy atom. The lowest BCUT2D eigenvalue weighted by Crippen LogP contribution is -2.53. The number of nitrogens with zero attached hydrogens (tertiary/aromatic N) is 1. The van der Waals surface area contributed by atoms with Crippen LogP contribution in [0.25, 0.3) is 0 Å². The Bertz CT molecular complexity index is 910. The summed E-state index contributed by atoms with van der Waals surface area (Å²) in [5, 5.41) is 16.8. The fourth-order valence-electron chi connectivity index (χ4n) is 3.55. The van der Waals surface area contributed by atoms with Gasteiger partial charge in [-0.25, -0.2) is 9.59 Å². The molecular formula is C26H43N5O11. The van der Waals surface area contributed by atoms with Gasteiger partial charge in [0.15, 0.2) is 0 Å². The van der Waals surface area contributed by atoms with Gasteiger partial charge in [-0.2, -0.15) is 0 Å². The second-order valence-electron chi connectivity index (χ2n) is 9.48. The van der Waals surface area contributed by atoms with Gasteiger partial charge in [0.1, 0.15) is 12.1 Å². The molecule has 6 N–H and O–H groups in total. The van der Waals surface area contributed by atoms with Gasteiger partial charge >= 0.3 is 12.0 Å². The monoisotopic (exact) mass is 601 g/mol. The first-order chi connectivity index (χ1) is 20.0. The van der Waals surface area contributed by atoms with Crippen LogP contribution in [-0.2, 0) is 42.9 Å². The minimum absolute atomic E-state index is 0.00263. The molecule has 1 heterocycles. The number of carboxylic acid groups (broad SMARTS) is 1. The van der Waals surface area contributed by atoms with Crippen LogP contribution >= 0.6 is 0 Å². The summed E-state index contributed by atoms with van der Waals surface area (Å²) in [6, 6.07) is -2.85. The number of carbonyl (C=O) groups excluding carboxylic acids is 5. The van der Waals surface area contributed by atoms with Crippen LogP contribution in [0.15, 0.2) is 12.2 Å². The molecule has 16 nitrogen and oxygen atoms in total. The number of aliphatic carboxylic acids is 1. The minimum atomic E-state index is -1.23. The number of nitrogens with one attached hydrogen (secondary N) is 3. The van der Waals surface area contributed by atoms with E-state index in [-0.39, 0.29) is 76.5 Å². The van der Waals surface area contributed by atoms with Gasteiger partial charge in [0.05, 0.1) is 59.4 Å². The van der Waals surface area contributed by atoms with Crippen molar-refractivity contribution in [3.05, 3.63) is 12.2 Å². The number of ether oxygens (including phenoxy) is 4. The SMILES string of the molecule is CC(C)[C@H](NC(=O)CCOCCOCCOCCOCCN1C(=O)C=CC1=O)C(=O)N[C@@H](CCCNC(N)=O)C(=O)O. The van der Waals surface area contributed by atoms with Crippen LogP contribution in [0.1, 0.15) is 33.1 Å². The highest BCUT2D eigenvalue weighted by Gasteiger charge is 2.28. The number of hydrogen-bond acceptors (Lipinski definition) is 10. The smallest absolute Gasteiger partial charge is 0.326 e. The standard InChI is InChI=1S/C26H43N5O11/c1-18(2)23(24(35)29-19(25(36)37)4-3-8-28-26(27)38)30-20(32)7-10-39-12-14-41-16-17-42-15-13-40-11-9-31-21(33)5-6-22(31)34/h5-6,18-19,23H,3-4,7-17H2,1-2H3,(H,29,35)(H,30,32)(H,36,37)(H3,27,28,38)/t19-,23-/m0/s1. The molecule has 2 atom stereocenters. The molecule has 238 valence electrons. The quantitative estimate of drug-likeness (QED) is 0.0634. The van der Waals surface area contributed by atoms with E-state index in [1.54, 1.807) is 13.8 Å². The average molecular weight is 602 g/mol. The van der Waals surface area contributed by atoms with Crippen molar-refractivity contribution in [1.82, 2.24) is 20.9 Å². The molecule has 0 fully saturated rings. The lowest BCUT2D eigenvalue weighted by atomic mass is 10.0. The molecule has 1 aliphatic heterocycles. The van der Waals surface area contributed by atoms with Gasteiger partial charge in [0.25, 0.3) is 11.8 Å². The van der Waals surface area contributed by atoms with E-state index in [9.17, 15) is 33.9 Å². The van der Waals surface area contributed by atoms with E-state index in [0.717, 1.165) is 4.90 Å². The number of amides is 6. The zero-order valence-electron chi connectivity index (χ0n) is 24.1. The zero-order valence-corrected chi connectivity index (χ0v) is 24.1. The molecule has 0 aromatic carbocycles. The van der Waals surface area contributed by atoms with Gasteiger partial charge in [-0.3, -0.25) is 24.1 Å². The van der Waals surface area contributed by atoms with Gasteiger partial charge in [0.2, 0.25) is 11.8 Å². The van der Waals surface area contributed by atoms with Crippen LogP contribution < -0.4 is 21.7 Å². The van der Waals surface area contributed by atoms with Crippen molar-refractivity contribution in [2.45, 2.75) is 45.2 Å². The summed E-state index contributed by atoms with van der Waals surface area (Å²) in [6.07, 6.45) is 2.80.